The molecule has 0 amide bonds. The van der Waals surface area contributed by atoms with Gasteiger partial charge in [0.25, 0.3) is 0 Å². The van der Waals surface area contributed by atoms with E-state index in [1.54, 1.807) is 0 Å². The van der Waals surface area contributed by atoms with Crippen molar-refractivity contribution in [1.29, 1.82) is 10.5 Å². The zero-order chi connectivity index (χ0) is 19.4. The number of nitrogens with zero attached hydrogens (tertiary/aromatic N) is 4. The highest BCUT2D eigenvalue weighted by atomic mass is 32.2. The maximum Gasteiger partial charge on any atom is 0.143 e. The monoisotopic (exact) mass is 371 g/mol. The molecule has 0 radical (unpaired) electrons. The molecule has 0 saturated heterocycles. The summed E-state index contributed by atoms with van der Waals surface area (Å²) in [4.78, 5) is 7.26. The third kappa shape index (κ3) is 3.72. The van der Waals surface area contributed by atoms with Crippen LogP contribution in [-0.4, -0.2) is 19.1 Å². The highest BCUT2D eigenvalue weighted by molar-refractivity contribution is 7.99. The lowest BCUT2D eigenvalue weighted by molar-refractivity contribution is 1.11. The first-order valence-electron chi connectivity index (χ1n) is 8.19. The molecule has 0 unspecified atom stereocenters. The molecule has 0 spiro atoms. The molecule has 0 fully saturated rings. The van der Waals surface area contributed by atoms with E-state index >= 15 is 0 Å². The Morgan fingerprint density at radius 2 is 1.56 bits per heavy atom. The largest absolute Gasteiger partial charge is 0.383 e. The molecule has 0 aliphatic rings. The van der Waals surface area contributed by atoms with Gasteiger partial charge < -0.3 is 10.6 Å². The minimum atomic E-state index is 0.126. The quantitative estimate of drug-likeness (QED) is 0.736. The van der Waals surface area contributed by atoms with Crippen LogP contribution in [0.25, 0.3) is 11.1 Å². The minimum absolute atomic E-state index is 0.126. The molecule has 0 aliphatic carbocycles. The van der Waals surface area contributed by atoms with Crippen LogP contribution in [-0.2, 0) is 0 Å². The van der Waals surface area contributed by atoms with Crippen LogP contribution in [0.1, 0.15) is 11.1 Å². The number of benzene rings is 2. The second kappa shape index (κ2) is 7.82. The van der Waals surface area contributed by atoms with Gasteiger partial charge in [-0.25, -0.2) is 4.98 Å². The average molecular weight is 371 g/mol. The second-order valence-electron chi connectivity index (χ2n) is 6.01. The van der Waals surface area contributed by atoms with Crippen molar-refractivity contribution in [2.75, 3.05) is 24.7 Å². The van der Waals surface area contributed by atoms with Gasteiger partial charge in [0.15, 0.2) is 0 Å². The maximum atomic E-state index is 9.83. The summed E-state index contributed by atoms with van der Waals surface area (Å²) >= 11 is 1.36. The van der Waals surface area contributed by atoms with E-state index in [0.29, 0.717) is 16.2 Å². The van der Waals surface area contributed by atoms with Gasteiger partial charge in [-0.3, -0.25) is 0 Å². The van der Waals surface area contributed by atoms with E-state index < -0.39 is 0 Å². The molecular formula is C21H17N5S. The predicted octanol–water partition coefficient (Wildman–Crippen LogP) is 4.29. The molecule has 27 heavy (non-hydrogen) atoms. The predicted molar refractivity (Wildman–Crippen MR) is 108 cm³/mol. The third-order valence-electron chi connectivity index (χ3n) is 4.05. The number of aromatic nitrogens is 1. The van der Waals surface area contributed by atoms with Crippen molar-refractivity contribution in [2.24, 2.45) is 0 Å². The molecule has 3 rings (SSSR count). The van der Waals surface area contributed by atoms with Crippen LogP contribution in [0.15, 0.2) is 64.5 Å². The number of rotatable bonds is 4. The molecule has 132 valence electrons. The Labute approximate surface area is 162 Å². The lowest BCUT2D eigenvalue weighted by Crippen LogP contribution is -2.08. The van der Waals surface area contributed by atoms with Gasteiger partial charge in [-0.15, -0.1) is 0 Å². The maximum absolute atomic E-state index is 9.83. The van der Waals surface area contributed by atoms with Crippen molar-refractivity contribution < 1.29 is 0 Å². The third-order valence-corrected chi connectivity index (χ3v) is 5.04. The fourth-order valence-corrected chi connectivity index (χ4v) is 3.60. The number of nitrogen functional groups attached to an aromatic ring is 1. The molecule has 3 aromatic rings. The fraction of sp³-hybridized carbons (Fsp3) is 0.0952. The SMILES string of the molecule is CN(C)c1ccc(-c2c(C#N)c(N)nc(Sc3ccccc3)c2C#N)cc1. The van der Waals surface area contributed by atoms with E-state index in [2.05, 4.69) is 17.1 Å². The van der Waals surface area contributed by atoms with Crippen LogP contribution in [0.4, 0.5) is 11.5 Å². The topological polar surface area (TPSA) is 89.7 Å². The number of nitriles is 2. The molecule has 0 bridgehead atoms. The number of pyridine rings is 1. The second-order valence-corrected chi connectivity index (χ2v) is 7.07. The minimum Gasteiger partial charge on any atom is -0.383 e. The van der Waals surface area contributed by atoms with Gasteiger partial charge in [-0.2, -0.15) is 10.5 Å². The molecule has 6 heteroatoms. The van der Waals surface area contributed by atoms with Crippen molar-refractivity contribution >= 4 is 23.3 Å². The number of hydrogen-bond acceptors (Lipinski definition) is 6. The van der Waals surface area contributed by atoms with Crippen LogP contribution in [0, 0.1) is 22.7 Å². The Kier molecular flexibility index (Phi) is 5.30. The Hall–Kier alpha value is -3.48. The molecule has 0 atom stereocenters. The standard InChI is InChI=1S/C21H17N5S/c1-26(2)15-10-8-14(9-11-15)19-17(12-22)20(24)25-21(18(19)13-23)27-16-6-4-3-5-7-16/h3-11H,1-2H3,(H2,24,25). The van der Waals surface area contributed by atoms with Gasteiger partial charge in [0.05, 0.1) is 5.56 Å². The smallest absolute Gasteiger partial charge is 0.143 e. The molecule has 1 heterocycles. The summed E-state index contributed by atoms with van der Waals surface area (Å²) in [5.41, 5.74) is 8.95. The molecule has 0 saturated carbocycles. The summed E-state index contributed by atoms with van der Waals surface area (Å²) in [5, 5.41) is 19.9. The first kappa shape index (κ1) is 18.3. The van der Waals surface area contributed by atoms with E-state index in [4.69, 9.17) is 5.73 Å². The number of nitrogens with two attached hydrogens (primary N) is 1. The highest BCUT2D eigenvalue weighted by Gasteiger charge is 2.21. The summed E-state index contributed by atoms with van der Waals surface area (Å²) in [6.07, 6.45) is 0. The Bertz CT molecular complexity index is 1050. The van der Waals surface area contributed by atoms with Gasteiger partial charge in [-0.05, 0) is 29.8 Å². The lowest BCUT2D eigenvalue weighted by Gasteiger charge is -2.15. The average Bonchev–Trinajstić information content (AvgIpc) is 2.68. The zero-order valence-corrected chi connectivity index (χ0v) is 15.8. The first-order valence-corrected chi connectivity index (χ1v) is 9.01. The highest BCUT2D eigenvalue weighted by Crippen LogP contribution is 2.38. The van der Waals surface area contributed by atoms with E-state index in [1.165, 1.54) is 11.8 Å². The first-order chi connectivity index (χ1) is 13.0. The van der Waals surface area contributed by atoms with Crippen LogP contribution >= 0.6 is 11.8 Å². The molecular weight excluding hydrogens is 354 g/mol. The Morgan fingerprint density at radius 1 is 0.926 bits per heavy atom. The fourth-order valence-electron chi connectivity index (χ4n) is 2.69. The van der Waals surface area contributed by atoms with Crippen molar-refractivity contribution in [3.63, 3.8) is 0 Å². The van der Waals surface area contributed by atoms with Gasteiger partial charge in [0.2, 0.25) is 0 Å². The Balaban J connectivity index is 2.19. The summed E-state index contributed by atoms with van der Waals surface area (Å²) in [6.45, 7) is 0. The molecule has 1 aromatic heterocycles. The van der Waals surface area contributed by atoms with Gasteiger partial charge >= 0.3 is 0 Å². The van der Waals surface area contributed by atoms with E-state index in [1.807, 2.05) is 73.6 Å². The normalized spacial score (nSPS) is 10.1. The van der Waals surface area contributed by atoms with Crippen LogP contribution in [0.3, 0.4) is 0 Å². The van der Waals surface area contributed by atoms with Crippen molar-refractivity contribution in [3.8, 4) is 23.3 Å². The van der Waals surface area contributed by atoms with Crippen molar-refractivity contribution in [2.45, 2.75) is 9.92 Å². The molecule has 2 aromatic carbocycles. The Morgan fingerprint density at radius 3 is 2.11 bits per heavy atom. The van der Waals surface area contributed by atoms with Crippen LogP contribution in [0.2, 0.25) is 0 Å². The van der Waals surface area contributed by atoms with E-state index in [0.717, 1.165) is 16.1 Å². The summed E-state index contributed by atoms with van der Waals surface area (Å²) in [5.74, 6) is 0.126. The van der Waals surface area contributed by atoms with Crippen LogP contribution in [0.5, 0.6) is 0 Å². The molecule has 0 aliphatic heterocycles. The lowest BCUT2D eigenvalue weighted by atomic mass is 9.96. The van der Waals surface area contributed by atoms with Gasteiger partial charge in [0.1, 0.15) is 28.5 Å². The van der Waals surface area contributed by atoms with E-state index in [9.17, 15) is 10.5 Å². The van der Waals surface area contributed by atoms with Crippen molar-refractivity contribution in [1.82, 2.24) is 4.98 Å². The van der Waals surface area contributed by atoms with Gasteiger partial charge in [0, 0.05) is 30.2 Å². The van der Waals surface area contributed by atoms with Gasteiger partial charge in [-0.1, -0.05) is 42.1 Å². The zero-order valence-electron chi connectivity index (χ0n) is 15.0. The summed E-state index contributed by atoms with van der Waals surface area (Å²) in [7, 11) is 3.91. The summed E-state index contributed by atoms with van der Waals surface area (Å²) in [6, 6.07) is 21.6. The molecule has 2 N–H and O–H groups in total. The van der Waals surface area contributed by atoms with E-state index in [-0.39, 0.29) is 11.4 Å². The number of anilines is 2. The van der Waals surface area contributed by atoms with Crippen molar-refractivity contribution in [3.05, 3.63) is 65.7 Å². The molecule has 5 nitrogen and oxygen atoms in total. The summed E-state index contributed by atoms with van der Waals surface area (Å²) < 4.78 is 0. The van der Waals surface area contributed by atoms with Crippen LogP contribution < -0.4 is 10.6 Å². The number of hydrogen-bond donors (Lipinski definition) is 1.